The summed E-state index contributed by atoms with van der Waals surface area (Å²) in [4.78, 5) is 14.0. The van der Waals surface area contributed by atoms with Gasteiger partial charge in [-0.1, -0.05) is 0 Å². The third kappa shape index (κ3) is 3.30. The zero-order chi connectivity index (χ0) is 15.5. The largest absolute Gasteiger partial charge is 0.495 e. The summed E-state index contributed by atoms with van der Waals surface area (Å²) in [6.45, 7) is 6.56. The molecular formula is C14H21NO4S. The first kappa shape index (κ1) is 16.5. The SMILES string of the molecule is CCN(CC)C(=O)c1cc(C)cc(OC)c1S(C)(=O)=O. The Labute approximate surface area is 120 Å². The molecule has 0 radical (unpaired) electrons. The van der Waals surface area contributed by atoms with Crippen molar-refractivity contribution >= 4 is 15.7 Å². The van der Waals surface area contributed by atoms with Crippen LogP contribution in [0.25, 0.3) is 0 Å². The minimum Gasteiger partial charge on any atom is -0.495 e. The summed E-state index contributed by atoms with van der Waals surface area (Å²) < 4.78 is 29.1. The zero-order valence-corrected chi connectivity index (χ0v) is 13.4. The molecule has 0 aliphatic carbocycles. The summed E-state index contributed by atoms with van der Waals surface area (Å²) in [6, 6.07) is 3.22. The maximum atomic E-state index is 12.5. The fourth-order valence-corrected chi connectivity index (χ4v) is 3.17. The van der Waals surface area contributed by atoms with Crippen molar-refractivity contribution in [2.75, 3.05) is 26.5 Å². The molecule has 0 aliphatic heterocycles. The van der Waals surface area contributed by atoms with E-state index in [4.69, 9.17) is 4.74 Å². The van der Waals surface area contributed by atoms with E-state index >= 15 is 0 Å². The van der Waals surface area contributed by atoms with E-state index < -0.39 is 9.84 Å². The standard InChI is InChI=1S/C14H21NO4S/c1-6-15(7-2)14(16)11-8-10(3)9-12(19-4)13(11)20(5,17)18/h8-9H,6-7H2,1-5H3. The first-order valence-corrected chi connectivity index (χ1v) is 8.33. The van der Waals surface area contributed by atoms with Gasteiger partial charge in [-0.25, -0.2) is 8.42 Å². The molecule has 5 nitrogen and oxygen atoms in total. The normalized spacial score (nSPS) is 11.2. The van der Waals surface area contributed by atoms with Gasteiger partial charge in [-0.05, 0) is 38.5 Å². The third-order valence-corrected chi connectivity index (χ3v) is 4.23. The summed E-state index contributed by atoms with van der Waals surface area (Å²) in [5.41, 5.74) is 0.956. The minimum atomic E-state index is -3.56. The van der Waals surface area contributed by atoms with Crippen LogP contribution in [0.3, 0.4) is 0 Å². The van der Waals surface area contributed by atoms with Gasteiger partial charge in [0, 0.05) is 19.3 Å². The first-order valence-electron chi connectivity index (χ1n) is 6.44. The van der Waals surface area contributed by atoms with Crippen LogP contribution in [0.15, 0.2) is 17.0 Å². The Hall–Kier alpha value is -1.56. The highest BCUT2D eigenvalue weighted by molar-refractivity contribution is 7.90. The van der Waals surface area contributed by atoms with Crippen molar-refractivity contribution in [3.63, 3.8) is 0 Å². The van der Waals surface area contributed by atoms with Crippen molar-refractivity contribution in [2.45, 2.75) is 25.7 Å². The van der Waals surface area contributed by atoms with Crippen LogP contribution in [0.2, 0.25) is 0 Å². The van der Waals surface area contributed by atoms with Crippen molar-refractivity contribution in [1.82, 2.24) is 4.90 Å². The number of benzene rings is 1. The predicted octanol–water partition coefficient (Wildman–Crippen LogP) is 1.89. The highest BCUT2D eigenvalue weighted by Crippen LogP contribution is 2.30. The van der Waals surface area contributed by atoms with Gasteiger partial charge in [0.05, 0.1) is 12.7 Å². The Morgan fingerprint density at radius 3 is 2.20 bits per heavy atom. The molecule has 1 aromatic carbocycles. The van der Waals surface area contributed by atoms with Gasteiger partial charge < -0.3 is 9.64 Å². The highest BCUT2D eigenvalue weighted by Gasteiger charge is 2.26. The Balaban J connectivity index is 3.60. The van der Waals surface area contributed by atoms with Gasteiger partial charge in [-0.2, -0.15) is 0 Å². The molecule has 0 spiro atoms. The van der Waals surface area contributed by atoms with E-state index in [0.717, 1.165) is 11.8 Å². The number of ether oxygens (including phenoxy) is 1. The maximum Gasteiger partial charge on any atom is 0.255 e. The number of hydrogen-bond donors (Lipinski definition) is 0. The molecule has 0 aromatic heterocycles. The molecule has 0 heterocycles. The third-order valence-electron chi connectivity index (χ3n) is 3.07. The molecule has 0 N–H and O–H groups in total. The lowest BCUT2D eigenvalue weighted by atomic mass is 10.1. The fourth-order valence-electron chi connectivity index (χ4n) is 2.11. The summed E-state index contributed by atoms with van der Waals surface area (Å²) in [6.07, 6.45) is 1.08. The van der Waals surface area contributed by atoms with Crippen molar-refractivity contribution in [3.8, 4) is 5.75 Å². The molecule has 20 heavy (non-hydrogen) atoms. The maximum absolute atomic E-state index is 12.5. The lowest BCUT2D eigenvalue weighted by Gasteiger charge is -2.21. The Kier molecular flexibility index (Phi) is 5.16. The highest BCUT2D eigenvalue weighted by atomic mass is 32.2. The van der Waals surface area contributed by atoms with Crippen LogP contribution in [-0.2, 0) is 9.84 Å². The van der Waals surface area contributed by atoms with Crippen LogP contribution in [0, 0.1) is 6.92 Å². The Bertz CT molecular complexity index is 604. The molecule has 0 aliphatic rings. The van der Waals surface area contributed by atoms with E-state index in [1.807, 2.05) is 13.8 Å². The average molecular weight is 299 g/mol. The minimum absolute atomic E-state index is 0.0394. The van der Waals surface area contributed by atoms with E-state index in [1.54, 1.807) is 24.0 Å². The average Bonchev–Trinajstić information content (AvgIpc) is 2.37. The molecule has 0 fully saturated rings. The number of aryl methyl sites for hydroxylation is 1. The number of amides is 1. The number of carbonyl (C=O) groups is 1. The Morgan fingerprint density at radius 1 is 1.25 bits per heavy atom. The quantitative estimate of drug-likeness (QED) is 0.833. The van der Waals surface area contributed by atoms with Crippen molar-refractivity contribution in [2.24, 2.45) is 0 Å². The number of rotatable bonds is 5. The van der Waals surface area contributed by atoms with Gasteiger partial charge in [0.25, 0.3) is 5.91 Å². The van der Waals surface area contributed by atoms with E-state index in [1.165, 1.54) is 7.11 Å². The van der Waals surface area contributed by atoms with Crippen LogP contribution < -0.4 is 4.74 Å². The van der Waals surface area contributed by atoms with Crippen LogP contribution in [0.4, 0.5) is 0 Å². The fraction of sp³-hybridized carbons (Fsp3) is 0.500. The van der Waals surface area contributed by atoms with Gasteiger partial charge in [0.15, 0.2) is 9.84 Å². The van der Waals surface area contributed by atoms with Crippen LogP contribution >= 0.6 is 0 Å². The summed E-state index contributed by atoms with van der Waals surface area (Å²) in [5.74, 6) is -0.0829. The van der Waals surface area contributed by atoms with Gasteiger partial charge in [-0.15, -0.1) is 0 Å². The Morgan fingerprint density at radius 2 is 1.80 bits per heavy atom. The molecule has 1 amide bonds. The lowest BCUT2D eigenvalue weighted by Crippen LogP contribution is -2.31. The first-order chi connectivity index (χ1) is 9.26. The molecule has 0 unspecified atom stereocenters. The molecule has 1 aromatic rings. The molecule has 0 saturated heterocycles. The second-order valence-corrected chi connectivity index (χ2v) is 6.55. The van der Waals surface area contributed by atoms with Gasteiger partial charge in [0.2, 0.25) is 0 Å². The summed E-state index contributed by atoms with van der Waals surface area (Å²) in [7, 11) is -2.16. The van der Waals surface area contributed by atoms with Crippen molar-refractivity contribution in [3.05, 3.63) is 23.3 Å². The van der Waals surface area contributed by atoms with Crippen LogP contribution in [0.1, 0.15) is 29.8 Å². The van der Waals surface area contributed by atoms with Crippen molar-refractivity contribution in [1.29, 1.82) is 0 Å². The van der Waals surface area contributed by atoms with Gasteiger partial charge in [0.1, 0.15) is 10.6 Å². The van der Waals surface area contributed by atoms with Gasteiger partial charge >= 0.3 is 0 Å². The molecule has 0 atom stereocenters. The van der Waals surface area contributed by atoms with Crippen LogP contribution in [0.5, 0.6) is 5.75 Å². The van der Waals surface area contributed by atoms with Gasteiger partial charge in [-0.3, -0.25) is 4.79 Å². The molecule has 1 rings (SSSR count). The lowest BCUT2D eigenvalue weighted by molar-refractivity contribution is 0.0768. The zero-order valence-electron chi connectivity index (χ0n) is 12.6. The van der Waals surface area contributed by atoms with E-state index in [2.05, 4.69) is 0 Å². The van der Waals surface area contributed by atoms with E-state index in [9.17, 15) is 13.2 Å². The molecule has 112 valence electrons. The monoisotopic (exact) mass is 299 g/mol. The molecule has 0 saturated carbocycles. The summed E-state index contributed by atoms with van der Waals surface area (Å²) in [5, 5.41) is 0. The number of methoxy groups -OCH3 is 1. The van der Waals surface area contributed by atoms with Crippen molar-refractivity contribution < 1.29 is 17.9 Å². The predicted molar refractivity (Wildman–Crippen MR) is 78.1 cm³/mol. The topological polar surface area (TPSA) is 63.7 Å². The van der Waals surface area contributed by atoms with Crippen LogP contribution in [-0.4, -0.2) is 45.7 Å². The molecular weight excluding hydrogens is 278 g/mol. The second kappa shape index (κ2) is 6.26. The number of sulfone groups is 1. The number of hydrogen-bond acceptors (Lipinski definition) is 4. The summed E-state index contributed by atoms with van der Waals surface area (Å²) >= 11 is 0. The second-order valence-electron chi connectivity index (χ2n) is 4.59. The molecule has 6 heteroatoms. The smallest absolute Gasteiger partial charge is 0.255 e. The van der Waals surface area contributed by atoms with E-state index in [-0.39, 0.29) is 22.1 Å². The van der Waals surface area contributed by atoms with E-state index in [0.29, 0.717) is 13.1 Å². The number of carbonyl (C=O) groups excluding carboxylic acids is 1. The molecule has 0 bridgehead atoms. The number of nitrogens with zero attached hydrogens (tertiary/aromatic N) is 1.